The van der Waals surface area contributed by atoms with Gasteiger partial charge in [-0.25, -0.2) is 18.6 Å². The molecule has 0 atom stereocenters. The van der Waals surface area contributed by atoms with Gasteiger partial charge in [-0.05, 0) is 0 Å². The monoisotopic (exact) mass is 251 g/mol. The van der Waals surface area contributed by atoms with Crippen molar-refractivity contribution in [2.24, 2.45) is 0 Å². The van der Waals surface area contributed by atoms with Crippen LogP contribution >= 0.6 is 11.6 Å². The fraction of sp³-hybridized carbons (Fsp3) is 0.333. The molecular formula is C9H8ClF2NO3. The second kappa shape index (κ2) is 5.07. The molecule has 1 aromatic rings. The average Bonchev–Trinajstić information content (AvgIpc) is 2.26. The standard InChI is InChI=1S/C9H8ClF2NO3/c1-15-6-4(8(11)12)3-13-7(10)5(6)9(14)16-2/h3,8H,1-2H3. The van der Waals surface area contributed by atoms with E-state index < -0.39 is 18.0 Å². The van der Waals surface area contributed by atoms with Crippen LogP contribution in [0.3, 0.4) is 0 Å². The number of nitrogens with zero attached hydrogens (tertiary/aromatic N) is 1. The first-order chi connectivity index (χ1) is 7.52. The molecule has 0 bridgehead atoms. The van der Waals surface area contributed by atoms with Crippen LogP contribution in [0.15, 0.2) is 6.20 Å². The van der Waals surface area contributed by atoms with Crippen LogP contribution in [0.25, 0.3) is 0 Å². The van der Waals surface area contributed by atoms with E-state index in [0.29, 0.717) is 0 Å². The Labute approximate surface area is 95.1 Å². The summed E-state index contributed by atoms with van der Waals surface area (Å²) < 4.78 is 34.3. The van der Waals surface area contributed by atoms with Crippen LogP contribution in [-0.4, -0.2) is 25.2 Å². The molecule has 0 aliphatic heterocycles. The Morgan fingerprint density at radius 1 is 1.50 bits per heavy atom. The van der Waals surface area contributed by atoms with E-state index in [9.17, 15) is 13.6 Å². The smallest absolute Gasteiger partial charge is 0.344 e. The Morgan fingerprint density at radius 3 is 2.56 bits per heavy atom. The Bertz CT molecular complexity index is 412. The molecule has 0 aliphatic rings. The average molecular weight is 252 g/mol. The van der Waals surface area contributed by atoms with Crippen molar-refractivity contribution in [3.8, 4) is 5.75 Å². The van der Waals surface area contributed by atoms with E-state index in [1.807, 2.05) is 0 Å². The number of halogens is 3. The number of carbonyl (C=O) groups is 1. The van der Waals surface area contributed by atoms with Gasteiger partial charge in [-0.3, -0.25) is 0 Å². The number of methoxy groups -OCH3 is 2. The van der Waals surface area contributed by atoms with Crippen LogP contribution in [0, 0.1) is 0 Å². The number of rotatable bonds is 3. The highest BCUT2D eigenvalue weighted by molar-refractivity contribution is 6.32. The predicted molar refractivity (Wildman–Crippen MR) is 52.1 cm³/mol. The van der Waals surface area contributed by atoms with Crippen molar-refractivity contribution in [3.63, 3.8) is 0 Å². The number of aromatic nitrogens is 1. The second-order valence-corrected chi connectivity index (χ2v) is 3.06. The molecule has 0 saturated heterocycles. The van der Waals surface area contributed by atoms with Gasteiger partial charge in [0.2, 0.25) is 0 Å². The lowest BCUT2D eigenvalue weighted by molar-refractivity contribution is 0.0595. The molecule has 0 N–H and O–H groups in total. The molecule has 88 valence electrons. The molecule has 0 aromatic carbocycles. The quantitative estimate of drug-likeness (QED) is 0.612. The minimum atomic E-state index is -2.82. The summed E-state index contributed by atoms with van der Waals surface area (Å²) in [6, 6.07) is 0. The first kappa shape index (κ1) is 12.6. The lowest BCUT2D eigenvalue weighted by atomic mass is 10.2. The van der Waals surface area contributed by atoms with Crippen LogP contribution in [0.1, 0.15) is 22.3 Å². The van der Waals surface area contributed by atoms with Gasteiger partial charge in [0.25, 0.3) is 6.43 Å². The number of hydrogen-bond donors (Lipinski definition) is 0. The van der Waals surface area contributed by atoms with Gasteiger partial charge in [-0.2, -0.15) is 0 Å². The van der Waals surface area contributed by atoms with Crippen molar-refractivity contribution in [2.75, 3.05) is 14.2 Å². The SMILES string of the molecule is COC(=O)c1c(Cl)ncc(C(F)F)c1OC. The third-order valence-corrected chi connectivity index (χ3v) is 2.13. The highest BCUT2D eigenvalue weighted by Crippen LogP contribution is 2.34. The maximum Gasteiger partial charge on any atom is 0.344 e. The zero-order chi connectivity index (χ0) is 12.3. The van der Waals surface area contributed by atoms with E-state index in [1.54, 1.807) is 0 Å². The predicted octanol–water partition coefficient (Wildman–Crippen LogP) is 2.47. The summed E-state index contributed by atoms with van der Waals surface area (Å²) in [6.07, 6.45) is -1.96. The lowest BCUT2D eigenvalue weighted by Crippen LogP contribution is -2.08. The minimum Gasteiger partial charge on any atom is -0.495 e. The van der Waals surface area contributed by atoms with Gasteiger partial charge in [-0.1, -0.05) is 11.6 Å². The zero-order valence-electron chi connectivity index (χ0n) is 8.46. The summed E-state index contributed by atoms with van der Waals surface area (Å²) >= 11 is 5.62. The van der Waals surface area contributed by atoms with Crippen LogP contribution in [0.2, 0.25) is 5.15 Å². The Hall–Kier alpha value is -1.43. The summed E-state index contributed by atoms with van der Waals surface area (Å²) in [7, 11) is 2.26. The van der Waals surface area contributed by atoms with Gasteiger partial charge < -0.3 is 9.47 Å². The number of carbonyl (C=O) groups excluding carboxylic acids is 1. The van der Waals surface area contributed by atoms with Crippen molar-refractivity contribution < 1.29 is 23.0 Å². The Balaban J connectivity index is 3.44. The molecule has 0 unspecified atom stereocenters. The number of pyridine rings is 1. The van der Waals surface area contributed by atoms with Crippen LogP contribution in [0.5, 0.6) is 5.75 Å². The van der Waals surface area contributed by atoms with Crippen molar-refractivity contribution in [1.82, 2.24) is 4.98 Å². The van der Waals surface area contributed by atoms with E-state index in [4.69, 9.17) is 16.3 Å². The zero-order valence-corrected chi connectivity index (χ0v) is 9.22. The summed E-state index contributed by atoms with van der Waals surface area (Å²) in [5, 5.41) is -0.242. The number of alkyl halides is 2. The van der Waals surface area contributed by atoms with Crippen molar-refractivity contribution >= 4 is 17.6 Å². The normalized spacial score (nSPS) is 10.4. The molecular weight excluding hydrogens is 244 g/mol. The molecule has 0 saturated carbocycles. The first-order valence-electron chi connectivity index (χ1n) is 4.11. The first-order valence-corrected chi connectivity index (χ1v) is 4.49. The molecule has 0 aliphatic carbocycles. The molecule has 1 heterocycles. The van der Waals surface area contributed by atoms with Gasteiger partial charge in [0, 0.05) is 6.20 Å². The van der Waals surface area contributed by atoms with Gasteiger partial charge in [-0.15, -0.1) is 0 Å². The third-order valence-electron chi connectivity index (χ3n) is 1.84. The third kappa shape index (κ3) is 2.21. The van der Waals surface area contributed by atoms with Gasteiger partial charge in [0.05, 0.1) is 19.8 Å². The van der Waals surface area contributed by atoms with Crippen molar-refractivity contribution in [2.45, 2.75) is 6.43 Å². The van der Waals surface area contributed by atoms with E-state index in [2.05, 4.69) is 9.72 Å². The maximum atomic E-state index is 12.6. The number of hydrogen-bond acceptors (Lipinski definition) is 4. The molecule has 0 radical (unpaired) electrons. The highest BCUT2D eigenvalue weighted by Gasteiger charge is 2.25. The molecule has 1 aromatic heterocycles. The van der Waals surface area contributed by atoms with Crippen LogP contribution < -0.4 is 4.74 Å². The summed E-state index contributed by atoms with van der Waals surface area (Å²) in [6.45, 7) is 0. The topological polar surface area (TPSA) is 48.4 Å². The largest absolute Gasteiger partial charge is 0.495 e. The van der Waals surface area contributed by atoms with E-state index in [-0.39, 0.29) is 16.5 Å². The maximum absolute atomic E-state index is 12.6. The second-order valence-electron chi connectivity index (χ2n) is 2.70. The van der Waals surface area contributed by atoms with Crippen molar-refractivity contribution in [1.29, 1.82) is 0 Å². The van der Waals surface area contributed by atoms with E-state index in [1.165, 1.54) is 0 Å². The molecule has 4 nitrogen and oxygen atoms in total. The lowest BCUT2D eigenvalue weighted by Gasteiger charge is -2.12. The molecule has 0 fully saturated rings. The molecule has 16 heavy (non-hydrogen) atoms. The Kier molecular flexibility index (Phi) is 4.00. The number of esters is 1. The fourth-order valence-corrected chi connectivity index (χ4v) is 1.35. The summed E-state index contributed by atoms with van der Waals surface area (Å²) in [4.78, 5) is 14.8. The Morgan fingerprint density at radius 2 is 2.12 bits per heavy atom. The van der Waals surface area contributed by atoms with Crippen LogP contribution in [0.4, 0.5) is 8.78 Å². The van der Waals surface area contributed by atoms with E-state index in [0.717, 1.165) is 20.4 Å². The molecule has 0 spiro atoms. The molecule has 7 heteroatoms. The van der Waals surface area contributed by atoms with Gasteiger partial charge in [0.15, 0.2) is 0 Å². The minimum absolute atomic E-state index is 0.242. The fourth-order valence-electron chi connectivity index (χ4n) is 1.14. The van der Waals surface area contributed by atoms with Gasteiger partial charge >= 0.3 is 5.97 Å². The number of ether oxygens (including phenoxy) is 2. The molecule has 1 rings (SSSR count). The van der Waals surface area contributed by atoms with Crippen molar-refractivity contribution in [3.05, 3.63) is 22.5 Å². The summed E-state index contributed by atoms with van der Waals surface area (Å²) in [5.74, 6) is -1.20. The molecule has 0 amide bonds. The van der Waals surface area contributed by atoms with Gasteiger partial charge in [0.1, 0.15) is 16.5 Å². The van der Waals surface area contributed by atoms with Crippen LogP contribution in [-0.2, 0) is 4.74 Å². The summed E-state index contributed by atoms with van der Waals surface area (Å²) in [5.41, 5.74) is -0.809. The highest BCUT2D eigenvalue weighted by atomic mass is 35.5. The van der Waals surface area contributed by atoms with E-state index >= 15 is 0 Å².